The first-order chi connectivity index (χ1) is 16.0. The first-order valence-electron chi connectivity index (χ1n) is 12.2. The van der Waals surface area contributed by atoms with E-state index in [9.17, 15) is 5.21 Å². The van der Waals surface area contributed by atoms with E-state index in [0.717, 1.165) is 74.5 Å². The number of quaternary nitrogens is 1. The Bertz CT molecular complexity index is 752. The Kier molecular flexibility index (Phi) is 10.8. The topological polar surface area (TPSA) is 55.7 Å². The molecule has 1 N–H and O–H groups in total. The van der Waals surface area contributed by atoms with Gasteiger partial charge in [0, 0.05) is 36.9 Å². The number of unbranched alkanes of at least 4 members (excludes halogenated alkanes) is 6. The van der Waals surface area contributed by atoms with Gasteiger partial charge >= 0.3 is 0 Å². The molecule has 0 spiro atoms. The van der Waals surface area contributed by atoms with Crippen LogP contribution in [0.15, 0.2) is 35.8 Å². The zero-order valence-electron chi connectivity index (χ0n) is 20.2. The predicted molar refractivity (Wildman–Crippen MR) is 135 cm³/mol. The molecule has 9 heteroatoms. The number of halogens is 1. The lowest BCUT2D eigenvalue weighted by Crippen LogP contribution is -3.10. The first-order valence-corrected chi connectivity index (χ1v) is 13.3. The summed E-state index contributed by atoms with van der Waals surface area (Å²) in [6, 6.07) is 7.69. The molecule has 0 radical (unpaired) electrons. The third kappa shape index (κ3) is 7.33. The van der Waals surface area contributed by atoms with Crippen molar-refractivity contribution >= 4 is 23.9 Å². The maximum atomic E-state index is 13.2. The van der Waals surface area contributed by atoms with Crippen molar-refractivity contribution in [1.29, 1.82) is 0 Å². The molecule has 186 valence electrons. The van der Waals surface area contributed by atoms with Gasteiger partial charge in [-0.3, -0.25) is 4.31 Å². The molecule has 3 rings (SSSR count). The number of methoxy groups -OCH3 is 1. The lowest BCUT2D eigenvalue weighted by Gasteiger charge is -2.35. The molecule has 0 aliphatic carbocycles. The summed E-state index contributed by atoms with van der Waals surface area (Å²) < 4.78 is 17.0. The largest absolute Gasteiger partial charge is 0.626 e. The molecule has 2 aliphatic heterocycles. The van der Waals surface area contributed by atoms with Gasteiger partial charge in [0.2, 0.25) is 5.82 Å². The third-order valence-electron chi connectivity index (χ3n) is 6.12. The summed E-state index contributed by atoms with van der Waals surface area (Å²) in [4.78, 5) is 0. The van der Waals surface area contributed by atoms with Crippen LogP contribution in [0.25, 0.3) is 0 Å². The van der Waals surface area contributed by atoms with Crippen molar-refractivity contribution in [2.45, 2.75) is 70.9 Å². The molecule has 7 nitrogen and oxygen atoms in total. The van der Waals surface area contributed by atoms with Crippen LogP contribution in [-0.4, -0.2) is 53.0 Å². The van der Waals surface area contributed by atoms with Crippen LogP contribution in [-0.2, 0) is 0 Å². The summed E-state index contributed by atoms with van der Waals surface area (Å²) in [6.45, 7) is 4.47. The average molecular weight is 499 g/mol. The van der Waals surface area contributed by atoms with Crippen LogP contribution in [0.4, 0.5) is 0 Å². The highest BCUT2D eigenvalue weighted by molar-refractivity contribution is 7.94. The molecule has 2 heterocycles. The summed E-state index contributed by atoms with van der Waals surface area (Å²) in [5.41, 5.74) is 0.969. The molecule has 0 saturated carbocycles. The monoisotopic (exact) mass is 498 g/mol. The Morgan fingerprint density at radius 1 is 1.06 bits per heavy atom. The van der Waals surface area contributed by atoms with Crippen LogP contribution in [0.5, 0.6) is 11.5 Å². The second kappa shape index (κ2) is 13.5. The molecule has 0 amide bonds. The van der Waals surface area contributed by atoms with Gasteiger partial charge in [0.1, 0.15) is 17.2 Å². The summed E-state index contributed by atoms with van der Waals surface area (Å²) in [5.74, 6) is 2.54. The zero-order valence-corrected chi connectivity index (χ0v) is 21.8. The van der Waals surface area contributed by atoms with E-state index >= 15 is 0 Å². The maximum absolute atomic E-state index is 13.2. The Morgan fingerprint density at radius 3 is 2.48 bits per heavy atom. The Hall–Kier alpha value is -1.32. The van der Waals surface area contributed by atoms with Crippen molar-refractivity contribution in [3.8, 4) is 11.5 Å². The number of likely N-dealkylation sites (N-methyl/N-ethyl adjacent to an activating group) is 1. The van der Waals surface area contributed by atoms with E-state index in [-0.39, 0.29) is 11.2 Å². The third-order valence-corrected chi connectivity index (χ3v) is 7.53. The zero-order chi connectivity index (χ0) is 23.6. The molecule has 2 aliphatic rings. The van der Waals surface area contributed by atoms with Crippen LogP contribution in [0.2, 0.25) is 0 Å². The minimum Gasteiger partial charge on any atom is -0.626 e. The van der Waals surface area contributed by atoms with Gasteiger partial charge in [0.15, 0.2) is 6.17 Å². The molecule has 0 bridgehead atoms. The number of ether oxygens (including phenoxy) is 2. The van der Waals surface area contributed by atoms with Crippen LogP contribution in [0.1, 0.15) is 64.7 Å². The van der Waals surface area contributed by atoms with Crippen LogP contribution < -0.4 is 14.5 Å². The molecule has 0 saturated heterocycles. The van der Waals surface area contributed by atoms with Gasteiger partial charge in [-0.25, -0.2) is 8.72 Å². The van der Waals surface area contributed by atoms with E-state index in [1.807, 2.05) is 24.3 Å². The number of benzene rings is 1. The van der Waals surface area contributed by atoms with Gasteiger partial charge in [0.25, 0.3) is 0 Å². The van der Waals surface area contributed by atoms with Gasteiger partial charge in [-0.15, -0.1) is 0 Å². The molecular formula is C24H39ClN4O3S. The fourth-order valence-corrected chi connectivity index (χ4v) is 5.61. The SMILES string of the molecule is CCCCCCC1N(Cl)C2=C(N(CCCCCCOc3ccc(OC)cc3)SN(C)C2)[NH+]1[O-]. The molecule has 0 fully saturated rings. The number of hydrogen-bond acceptors (Lipinski definition) is 7. The van der Waals surface area contributed by atoms with E-state index in [2.05, 4.69) is 22.6 Å². The van der Waals surface area contributed by atoms with Gasteiger partial charge in [-0.05, 0) is 50.6 Å². The second-order valence-electron chi connectivity index (χ2n) is 8.74. The molecule has 2 atom stereocenters. The molecule has 1 aromatic carbocycles. The van der Waals surface area contributed by atoms with E-state index in [1.165, 1.54) is 12.8 Å². The standard InChI is InChI=1S/C24H39ClN4O3S/c1-4-5-6-9-12-23-28(25)22-19-26(2)33-27(24(22)29(23)30)17-10-7-8-11-18-32-21-15-13-20(31-3)14-16-21/h13-16,23,29H,4-12,17-19H2,1-3H3. The quantitative estimate of drug-likeness (QED) is 0.172. The average Bonchev–Trinajstić information content (AvgIpc) is 3.05. The van der Waals surface area contributed by atoms with Gasteiger partial charge < -0.3 is 19.7 Å². The number of rotatable bonds is 14. The molecule has 1 aromatic rings. The van der Waals surface area contributed by atoms with Crippen LogP contribution >= 0.6 is 23.9 Å². The lowest BCUT2D eigenvalue weighted by atomic mass is 10.1. The Balaban J connectivity index is 1.39. The normalized spacial score (nSPS) is 21.0. The van der Waals surface area contributed by atoms with E-state index in [0.29, 0.717) is 13.2 Å². The van der Waals surface area contributed by atoms with Crippen molar-refractivity contribution in [2.75, 3.05) is 33.9 Å². The van der Waals surface area contributed by atoms with Gasteiger partial charge in [-0.2, -0.15) is 0 Å². The minimum absolute atomic E-state index is 0.199. The highest BCUT2D eigenvalue weighted by Gasteiger charge is 2.44. The fraction of sp³-hybridized carbons (Fsp3) is 0.667. The number of hydroxylamine groups is 2. The van der Waals surface area contributed by atoms with Crippen molar-refractivity contribution in [3.63, 3.8) is 0 Å². The van der Waals surface area contributed by atoms with Crippen molar-refractivity contribution in [2.24, 2.45) is 0 Å². The summed E-state index contributed by atoms with van der Waals surface area (Å²) >= 11 is 8.29. The van der Waals surface area contributed by atoms with Crippen LogP contribution in [0.3, 0.4) is 0 Å². The lowest BCUT2D eigenvalue weighted by molar-refractivity contribution is -0.844. The van der Waals surface area contributed by atoms with E-state index in [1.54, 1.807) is 23.7 Å². The second-order valence-corrected chi connectivity index (χ2v) is 10.3. The van der Waals surface area contributed by atoms with Gasteiger partial charge in [0.05, 0.1) is 20.3 Å². The van der Waals surface area contributed by atoms with Crippen molar-refractivity contribution in [3.05, 3.63) is 41.0 Å². The summed E-state index contributed by atoms with van der Waals surface area (Å²) in [7, 11) is 3.72. The maximum Gasteiger partial charge on any atom is 0.237 e. The molecular weight excluding hydrogens is 460 g/mol. The summed E-state index contributed by atoms with van der Waals surface area (Å²) in [5, 5.41) is 13.4. The van der Waals surface area contributed by atoms with Crippen LogP contribution in [0, 0.1) is 5.21 Å². The van der Waals surface area contributed by atoms with E-state index in [4.69, 9.17) is 21.3 Å². The molecule has 33 heavy (non-hydrogen) atoms. The number of hydrogen-bond donors (Lipinski definition) is 1. The van der Waals surface area contributed by atoms with E-state index < -0.39 is 0 Å². The smallest absolute Gasteiger partial charge is 0.237 e. The fourth-order valence-electron chi connectivity index (χ4n) is 4.28. The Labute approximate surface area is 208 Å². The van der Waals surface area contributed by atoms with Crippen molar-refractivity contribution in [1.82, 2.24) is 13.0 Å². The minimum atomic E-state index is -0.210. The van der Waals surface area contributed by atoms with Gasteiger partial charge in [-0.1, -0.05) is 39.0 Å². The highest BCUT2D eigenvalue weighted by atomic mass is 35.5. The number of nitrogens with one attached hydrogen (secondary N) is 1. The summed E-state index contributed by atoms with van der Waals surface area (Å²) in [6.07, 6.45) is 9.52. The highest BCUT2D eigenvalue weighted by Crippen LogP contribution is 2.34. The first kappa shape index (κ1) is 26.3. The predicted octanol–water partition coefficient (Wildman–Crippen LogP) is 4.76. The molecule has 2 unspecified atom stereocenters. The van der Waals surface area contributed by atoms with Crippen molar-refractivity contribution < 1.29 is 14.5 Å². The number of nitrogens with zero attached hydrogens (tertiary/aromatic N) is 3. The molecule has 0 aromatic heterocycles. The Morgan fingerprint density at radius 2 is 1.76 bits per heavy atom.